The molecule has 0 fully saturated rings. The van der Waals surface area contributed by atoms with Crippen LogP contribution < -0.4 is 5.32 Å². The van der Waals surface area contributed by atoms with Gasteiger partial charge in [-0.05, 0) is 49.4 Å². The van der Waals surface area contributed by atoms with Crippen molar-refractivity contribution in [1.29, 1.82) is 0 Å². The van der Waals surface area contributed by atoms with Gasteiger partial charge in [-0.2, -0.15) is 0 Å². The Hall–Kier alpha value is -2.21. The van der Waals surface area contributed by atoms with E-state index in [0.717, 1.165) is 19.3 Å². The van der Waals surface area contributed by atoms with E-state index < -0.39 is 5.97 Å². The van der Waals surface area contributed by atoms with E-state index in [0.29, 0.717) is 4.88 Å². The van der Waals surface area contributed by atoms with Gasteiger partial charge in [0.05, 0.1) is 10.6 Å². The van der Waals surface area contributed by atoms with Gasteiger partial charge in [-0.15, -0.1) is 11.3 Å². The number of aromatic nitrogens is 1. The van der Waals surface area contributed by atoms with Crippen molar-refractivity contribution < 1.29 is 14.7 Å². The summed E-state index contributed by atoms with van der Waals surface area (Å²) in [5, 5.41) is 11.7. The summed E-state index contributed by atoms with van der Waals surface area (Å²) in [6.07, 6.45) is 5.77. The Morgan fingerprint density at radius 1 is 1.29 bits per heavy atom. The molecule has 2 aromatic rings. The molecule has 0 bridgehead atoms. The third kappa shape index (κ3) is 2.80. The van der Waals surface area contributed by atoms with Gasteiger partial charge >= 0.3 is 5.97 Å². The molecular weight excluding hydrogens is 288 g/mol. The molecule has 0 aromatic carbocycles. The van der Waals surface area contributed by atoms with Crippen LogP contribution >= 0.6 is 11.3 Å². The SMILES string of the molecule is O=C(Nc1cccnc1C(=O)O)c1cc2c(s1)CCCC2. The smallest absolute Gasteiger partial charge is 0.356 e. The number of rotatable bonds is 3. The lowest BCUT2D eigenvalue weighted by Crippen LogP contribution is -2.14. The van der Waals surface area contributed by atoms with Crippen LogP contribution in [0, 0.1) is 0 Å². The number of hydrogen-bond acceptors (Lipinski definition) is 4. The number of carboxylic acid groups (broad SMARTS) is 1. The number of carbonyl (C=O) groups excluding carboxylic acids is 1. The van der Waals surface area contributed by atoms with Crippen molar-refractivity contribution in [2.45, 2.75) is 25.7 Å². The van der Waals surface area contributed by atoms with E-state index in [1.54, 1.807) is 12.1 Å². The normalized spacial score (nSPS) is 13.5. The summed E-state index contributed by atoms with van der Waals surface area (Å²) in [5.41, 5.74) is 1.33. The molecule has 21 heavy (non-hydrogen) atoms. The highest BCUT2D eigenvalue weighted by Crippen LogP contribution is 2.30. The van der Waals surface area contributed by atoms with Crippen molar-refractivity contribution in [2.24, 2.45) is 0 Å². The van der Waals surface area contributed by atoms with Crippen molar-refractivity contribution in [2.75, 3.05) is 5.32 Å². The van der Waals surface area contributed by atoms with E-state index >= 15 is 0 Å². The van der Waals surface area contributed by atoms with Crippen LogP contribution in [0.3, 0.4) is 0 Å². The molecule has 108 valence electrons. The van der Waals surface area contributed by atoms with Gasteiger partial charge in [0.1, 0.15) is 0 Å². The number of amides is 1. The molecule has 1 aliphatic carbocycles. The first-order valence-electron chi connectivity index (χ1n) is 6.76. The van der Waals surface area contributed by atoms with Gasteiger partial charge in [-0.25, -0.2) is 9.78 Å². The van der Waals surface area contributed by atoms with Gasteiger partial charge < -0.3 is 10.4 Å². The molecule has 0 radical (unpaired) electrons. The maximum absolute atomic E-state index is 12.3. The first-order valence-corrected chi connectivity index (χ1v) is 7.58. The molecule has 0 atom stereocenters. The van der Waals surface area contributed by atoms with Gasteiger partial charge in [0.25, 0.3) is 5.91 Å². The highest BCUT2D eigenvalue weighted by atomic mass is 32.1. The van der Waals surface area contributed by atoms with E-state index in [2.05, 4.69) is 10.3 Å². The average Bonchev–Trinajstić information content (AvgIpc) is 2.91. The molecule has 1 aliphatic rings. The number of nitrogens with one attached hydrogen (secondary N) is 1. The molecule has 2 heterocycles. The molecule has 0 saturated carbocycles. The number of pyridine rings is 1. The minimum atomic E-state index is -1.16. The summed E-state index contributed by atoms with van der Waals surface area (Å²) in [6, 6.07) is 5.06. The molecule has 0 unspecified atom stereocenters. The van der Waals surface area contributed by atoms with E-state index in [1.807, 2.05) is 6.07 Å². The van der Waals surface area contributed by atoms with Gasteiger partial charge in [0.15, 0.2) is 5.69 Å². The number of carbonyl (C=O) groups is 2. The predicted octanol–water partition coefficient (Wildman–Crippen LogP) is 2.97. The maximum Gasteiger partial charge on any atom is 0.356 e. The van der Waals surface area contributed by atoms with Crippen LogP contribution in [0.15, 0.2) is 24.4 Å². The number of hydrogen-bond donors (Lipinski definition) is 2. The Balaban J connectivity index is 1.83. The van der Waals surface area contributed by atoms with Gasteiger partial charge in [-0.3, -0.25) is 4.79 Å². The lowest BCUT2D eigenvalue weighted by molar-refractivity contribution is 0.0692. The van der Waals surface area contributed by atoms with Crippen LogP contribution in [0.2, 0.25) is 0 Å². The first-order chi connectivity index (χ1) is 10.1. The van der Waals surface area contributed by atoms with Crippen molar-refractivity contribution in [1.82, 2.24) is 4.98 Å². The van der Waals surface area contributed by atoms with Crippen LogP contribution in [-0.4, -0.2) is 22.0 Å². The summed E-state index contributed by atoms with van der Waals surface area (Å²) < 4.78 is 0. The van der Waals surface area contributed by atoms with Gasteiger partial charge in [0.2, 0.25) is 0 Å². The van der Waals surface area contributed by atoms with Gasteiger partial charge in [-0.1, -0.05) is 0 Å². The van der Waals surface area contributed by atoms with E-state index in [4.69, 9.17) is 5.11 Å². The summed E-state index contributed by atoms with van der Waals surface area (Å²) in [5.74, 6) is -1.43. The van der Waals surface area contributed by atoms with E-state index in [1.165, 1.54) is 34.4 Å². The summed E-state index contributed by atoms with van der Waals surface area (Å²) >= 11 is 1.50. The van der Waals surface area contributed by atoms with Crippen LogP contribution in [-0.2, 0) is 12.8 Å². The Bertz CT molecular complexity index is 685. The molecule has 0 aliphatic heterocycles. The third-order valence-electron chi connectivity index (χ3n) is 3.48. The Morgan fingerprint density at radius 2 is 2.10 bits per heavy atom. The molecular formula is C15H14N2O3S. The molecule has 0 spiro atoms. The first kappa shape index (κ1) is 13.8. The van der Waals surface area contributed by atoms with Crippen LogP contribution in [0.5, 0.6) is 0 Å². The van der Waals surface area contributed by atoms with Crippen LogP contribution in [0.1, 0.15) is 43.4 Å². The van der Waals surface area contributed by atoms with Crippen molar-refractivity contribution in [3.8, 4) is 0 Å². The number of aryl methyl sites for hydroxylation is 2. The number of nitrogens with zero attached hydrogens (tertiary/aromatic N) is 1. The van der Waals surface area contributed by atoms with E-state index in [-0.39, 0.29) is 17.3 Å². The zero-order valence-electron chi connectivity index (χ0n) is 11.3. The number of fused-ring (bicyclic) bond motifs is 1. The quantitative estimate of drug-likeness (QED) is 0.913. The van der Waals surface area contributed by atoms with Crippen LogP contribution in [0.4, 0.5) is 5.69 Å². The molecule has 2 aromatic heterocycles. The molecule has 0 saturated heterocycles. The fourth-order valence-electron chi connectivity index (χ4n) is 2.46. The number of anilines is 1. The Morgan fingerprint density at radius 3 is 2.86 bits per heavy atom. The zero-order chi connectivity index (χ0) is 14.8. The average molecular weight is 302 g/mol. The topological polar surface area (TPSA) is 79.3 Å². The largest absolute Gasteiger partial charge is 0.476 e. The second kappa shape index (κ2) is 5.65. The van der Waals surface area contributed by atoms with Crippen molar-refractivity contribution in [3.05, 3.63) is 45.4 Å². The van der Waals surface area contributed by atoms with Crippen LogP contribution in [0.25, 0.3) is 0 Å². The number of thiophene rings is 1. The fraction of sp³-hybridized carbons (Fsp3) is 0.267. The van der Waals surface area contributed by atoms with Crippen molar-refractivity contribution in [3.63, 3.8) is 0 Å². The third-order valence-corrected chi connectivity index (χ3v) is 4.71. The van der Waals surface area contributed by atoms with Gasteiger partial charge in [0, 0.05) is 11.1 Å². The minimum Gasteiger partial charge on any atom is -0.476 e. The lowest BCUT2D eigenvalue weighted by atomic mass is 9.99. The molecule has 5 nitrogen and oxygen atoms in total. The molecule has 2 N–H and O–H groups in total. The molecule has 1 amide bonds. The molecule has 3 rings (SSSR count). The standard InChI is InChI=1S/C15H14N2O3S/c18-14(12-8-9-4-1-2-6-11(9)21-12)17-10-5-3-7-16-13(10)15(19)20/h3,5,7-8H,1-2,4,6H2,(H,17,18)(H,19,20). The van der Waals surface area contributed by atoms with E-state index in [9.17, 15) is 9.59 Å². The molecule has 6 heteroatoms. The summed E-state index contributed by atoms with van der Waals surface area (Å²) in [7, 11) is 0. The predicted molar refractivity (Wildman–Crippen MR) is 80.1 cm³/mol. The Kier molecular flexibility index (Phi) is 3.70. The second-order valence-electron chi connectivity index (χ2n) is 4.93. The number of aromatic carboxylic acids is 1. The highest BCUT2D eigenvalue weighted by molar-refractivity contribution is 7.14. The summed E-state index contributed by atoms with van der Waals surface area (Å²) in [6.45, 7) is 0. The van der Waals surface area contributed by atoms with Crippen molar-refractivity contribution >= 4 is 28.9 Å². The monoisotopic (exact) mass is 302 g/mol. The Labute approximate surface area is 125 Å². The second-order valence-corrected chi connectivity index (χ2v) is 6.06. The zero-order valence-corrected chi connectivity index (χ0v) is 12.1. The maximum atomic E-state index is 12.3. The fourth-order valence-corrected chi connectivity index (χ4v) is 3.61. The minimum absolute atomic E-state index is 0.146. The lowest BCUT2D eigenvalue weighted by Gasteiger charge is -2.08. The summed E-state index contributed by atoms with van der Waals surface area (Å²) in [4.78, 5) is 29.1. The highest BCUT2D eigenvalue weighted by Gasteiger charge is 2.19. The number of carboxylic acids is 1.